The Hall–Kier alpha value is -1.84. The van der Waals surface area contributed by atoms with E-state index in [9.17, 15) is 14.7 Å². The zero-order chi connectivity index (χ0) is 13.9. The Morgan fingerprint density at radius 2 is 1.95 bits per heavy atom. The van der Waals surface area contributed by atoms with E-state index < -0.39 is 11.4 Å². The summed E-state index contributed by atoms with van der Waals surface area (Å²) in [6, 6.07) is 9.87. The Morgan fingerprint density at radius 1 is 1.32 bits per heavy atom. The van der Waals surface area contributed by atoms with E-state index in [1.807, 2.05) is 37.3 Å². The highest BCUT2D eigenvalue weighted by molar-refractivity contribution is 6.02. The molecular formula is C15H19NO3. The number of hydrogen-bond donors (Lipinski definition) is 2. The fourth-order valence-corrected chi connectivity index (χ4v) is 2.38. The number of amides is 1. The maximum atomic E-state index is 12.0. The fourth-order valence-electron chi connectivity index (χ4n) is 2.38. The summed E-state index contributed by atoms with van der Waals surface area (Å²) in [4.78, 5) is 23.2. The molecule has 2 N–H and O–H groups in total. The van der Waals surface area contributed by atoms with Gasteiger partial charge in [0.25, 0.3) is 0 Å². The van der Waals surface area contributed by atoms with Crippen molar-refractivity contribution < 1.29 is 14.7 Å². The third-order valence-electron chi connectivity index (χ3n) is 3.99. The monoisotopic (exact) mass is 261 g/mol. The second-order valence-electron chi connectivity index (χ2n) is 5.26. The topological polar surface area (TPSA) is 66.4 Å². The van der Waals surface area contributed by atoms with Gasteiger partial charge >= 0.3 is 5.97 Å². The van der Waals surface area contributed by atoms with Crippen molar-refractivity contribution in [3.05, 3.63) is 35.9 Å². The van der Waals surface area contributed by atoms with Gasteiger partial charge in [0.05, 0.1) is 0 Å². The normalized spacial score (nSPS) is 18.2. The van der Waals surface area contributed by atoms with Crippen LogP contribution in [0.5, 0.6) is 0 Å². The average molecular weight is 261 g/mol. The molecule has 0 heterocycles. The molecule has 0 aromatic heterocycles. The van der Waals surface area contributed by atoms with Gasteiger partial charge in [-0.15, -0.1) is 0 Å². The maximum Gasteiger partial charge on any atom is 0.319 e. The molecule has 1 aromatic carbocycles. The Morgan fingerprint density at radius 3 is 2.42 bits per heavy atom. The summed E-state index contributed by atoms with van der Waals surface area (Å²) < 4.78 is 0. The summed E-state index contributed by atoms with van der Waals surface area (Å²) in [5, 5.41) is 12.0. The molecule has 1 saturated carbocycles. The molecule has 1 unspecified atom stereocenters. The minimum Gasteiger partial charge on any atom is -0.480 e. The molecule has 19 heavy (non-hydrogen) atoms. The molecule has 1 aliphatic rings. The van der Waals surface area contributed by atoms with Crippen LogP contribution in [0, 0.1) is 5.41 Å². The molecule has 1 aromatic rings. The van der Waals surface area contributed by atoms with Gasteiger partial charge < -0.3 is 10.4 Å². The molecule has 102 valence electrons. The summed E-state index contributed by atoms with van der Waals surface area (Å²) >= 11 is 0. The van der Waals surface area contributed by atoms with E-state index in [1.165, 1.54) is 0 Å². The highest BCUT2D eigenvalue weighted by atomic mass is 16.4. The summed E-state index contributed by atoms with van der Waals surface area (Å²) in [7, 11) is 0. The third-order valence-corrected chi connectivity index (χ3v) is 3.99. The summed E-state index contributed by atoms with van der Waals surface area (Å²) in [6.07, 6.45) is 1.72. The minimum absolute atomic E-state index is 0.177. The van der Waals surface area contributed by atoms with Crippen LogP contribution in [0.1, 0.15) is 37.7 Å². The molecule has 0 aliphatic heterocycles. The van der Waals surface area contributed by atoms with Crippen molar-refractivity contribution in [2.45, 2.75) is 32.1 Å². The Kier molecular flexibility index (Phi) is 3.88. The number of carbonyl (C=O) groups excluding carboxylic acids is 1. The largest absolute Gasteiger partial charge is 0.480 e. The van der Waals surface area contributed by atoms with E-state index in [4.69, 9.17) is 0 Å². The van der Waals surface area contributed by atoms with E-state index in [2.05, 4.69) is 5.32 Å². The zero-order valence-corrected chi connectivity index (χ0v) is 11.1. The fraction of sp³-hybridized carbons (Fsp3) is 0.467. The van der Waals surface area contributed by atoms with Gasteiger partial charge in [-0.05, 0) is 24.3 Å². The van der Waals surface area contributed by atoms with Crippen molar-refractivity contribution in [2.24, 2.45) is 5.41 Å². The van der Waals surface area contributed by atoms with Crippen molar-refractivity contribution in [1.29, 1.82) is 0 Å². The van der Waals surface area contributed by atoms with Crippen molar-refractivity contribution in [2.75, 3.05) is 6.54 Å². The van der Waals surface area contributed by atoms with Crippen LogP contribution in [-0.4, -0.2) is 23.5 Å². The molecule has 0 spiro atoms. The quantitative estimate of drug-likeness (QED) is 0.798. The number of carboxylic acids is 1. The van der Waals surface area contributed by atoms with Crippen LogP contribution in [0.25, 0.3) is 0 Å². The van der Waals surface area contributed by atoms with Gasteiger partial charge in [0, 0.05) is 6.54 Å². The molecule has 4 nitrogen and oxygen atoms in total. The zero-order valence-electron chi connectivity index (χ0n) is 11.1. The first-order valence-electron chi connectivity index (χ1n) is 6.63. The van der Waals surface area contributed by atoms with Crippen LogP contribution in [0.4, 0.5) is 0 Å². The lowest BCUT2D eigenvalue weighted by molar-refractivity contribution is -0.162. The number of benzene rings is 1. The first-order chi connectivity index (χ1) is 9.06. The lowest BCUT2D eigenvalue weighted by Gasteiger charge is -2.36. The number of nitrogens with one attached hydrogen (secondary N) is 1. The van der Waals surface area contributed by atoms with E-state index in [-0.39, 0.29) is 11.8 Å². The van der Waals surface area contributed by atoms with Gasteiger partial charge in [-0.25, -0.2) is 0 Å². The first kappa shape index (κ1) is 13.6. The second-order valence-corrected chi connectivity index (χ2v) is 5.26. The Labute approximate surface area is 112 Å². The molecular weight excluding hydrogens is 242 g/mol. The molecule has 1 atom stereocenters. The SMILES string of the molecule is CC(CNC(=O)C1(C(=O)O)CCC1)c1ccccc1. The Bertz CT molecular complexity index is 466. The maximum absolute atomic E-state index is 12.0. The number of carbonyl (C=O) groups is 2. The summed E-state index contributed by atoms with van der Waals surface area (Å²) in [6.45, 7) is 2.49. The molecule has 0 radical (unpaired) electrons. The standard InChI is InChI=1S/C15H19NO3/c1-11(12-6-3-2-4-7-12)10-16-13(17)15(14(18)19)8-5-9-15/h2-4,6-7,11H,5,8-10H2,1H3,(H,16,17)(H,18,19). The van der Waals surface area contributed by atoms with Gasteiger partial charge in [0.15, 0.2) is 0 Å². The van der Waals surface area contributed by atoms with E-state index in [0.717, 1.165) is 12.0 Å². The van der Waals surface area contributed by atoms with E-state index in [0.29, 0.717) is 19.4 Å². The molecule has 4 heteroatoms. The van der Waals surface area contributed by atoms with Gasteiger partial charge in [-0.2, -0.15) is 0 Å². The molecule has 0 saturated heterocycles. The highest BCUT2D eigenvalue weighted by Gasteiger charge is 2.51. The van der Waals surface area contributed by atoms with Gasteiger partial charge in [-0.3, -0.25) is 9.59 Å². The van der Waals surface area contributed by atoms with Crippen molar-refractivity contribution in [1.82, 2.24) is 5.32 Å². The van der Waals surface area contributed by atoms with Crippen LogP contribution < -0.4 is 5.32 Å². The average Bonchev–Trinajstić information content (AvgIpc) is 2.35. The molecule has 0 bridgehead atoms. The number of aliphatic carboxylic acids is 1. The minimum atomic E-state index is -1.17. The van der Waals surface area contributed by atoms with Crippen LogP contribution in [0.2, 0.25) is 0 Å². The van der Waals surface area contributed by atoms with Gasteiger partial charge in [-0.1, -0.05) is 43.7 Å². The summed E-state index contributed by atoms with van der Waals surface area (Å²) in [5.41, 5.74) is -0.0306. The smallest absolute Gasteiger partial charge is 0.319 e. The predicted octanol–water partition coefficient (Wildman–Crippen LogP) is 2.16. The first-order valence-corrected chi connectivity index (χ1v) is 6.63. The Balaban J connectivity index is 1.92. The molecule has 1 fully saturated rings. The summed E-state index contributed by atoms with van der Waals surface area (Å²) in [5.74, 6) is -1.16. The van der Waals surface area contributed by atoms with Crippen LogP contribution in [-0.2, 0) is 9.59 Å². The van der Waals surface area contributed by atoms with Crippen LogP contribution >= 0.6 is 0 Å². The van der Waals surface area contributed by atoms with Crippen LogP contribution in [0.15, 0.2) is 30.3 Å². The number of hydrogen-bond acceptors (Lipinski definition) is 2. The van der Waals surface area contributed by atoms with Crippen molar-refractivity contribution >= 4 is 11.9 Å². The van der Waals surface area contributed by atoms with E-state index >= 15 is 0 Å². The van der Waals surface area contributed by atoms with Crippen LogP contribution in [0.3, 0.4) is 0 Å². The number of carboxylic acid groups (broad SMARTS) is 1. The lowest BCUT2D eigenvalue weighted by atomic mass is 9.68. The highest BCUT2D eigenvalue weighted by Crippen LogP contribution is 2.41. The van der Waals surface area contributed by atoms with Crippen molar-refractivity contribution in [3.8, 4) is 0 Å². The van der Waals surface area contributed by atoms with E-state index in [1.54, 1.807) is 0 Å². The van der Waals surface area contributed by atoms with Gasteiger partial charge in [0.1, 0.15) is 5.41 Å². The van der Waals surface area contributed by atoms with Gasteiger partial charge in [0.2, 0.25) is 5.91 Å². The van der Waals surface area contributed by atoms with Crippen molar-refractivity contribution in [3.63, 3.8) is 0 Å². The lowest BCUT2D eigenvalue weighted by Crippen LogP contribution is -2.51. The molecule has 2 rings (SSSR count). The number of rotatable bonds is 5. The third kappa shape index (κ3) is 2.62. The molecule has 1 aliphatic carbocycles. The second kappa shape index (κ2) is 5.43. The predicted molar refractivity (Wildman–Crippen MR) is 71.8 cm³/mol. The molecule has 1 amide bonds.